The molecule has 2 rings (SSSR count). The fraction of sp³-hybridized carbons (Fsp3) is 0.500. The lowest BCUT2D eigenvalue weighted by atomic mass is 9.85. The molecule has 0 saturated heterocycles. The van der Waals surface area contributed by atoms with Crippen molar-refractivity contribution in [2.75, 3.05) is 0 Å². The van der Waals surface area contributed by atoms with E-state index in [9.17, 15) is 8.78 Å². The molecule has 0 aliphatic rings. The van der Waals surface area contributed by atoms with Crippen molar-refractivity contribution in [3.8, 4) is 5.69 Å². The highest BCUT2D eigenvalue weighted by Gasteiger charge is 2.34. The van der Waals surface area contributed by atoms with Gasteiger partial charge in [-0.1, -0.05) is 20.8 Å². The molecule has 2 nitrogen and oxygen atoms in total. The van der Waals surface area contributed by atoms with Gasteiger partial charge >= 0.3 is 0 Å². The number of nitrogens with zero attached hydrogens (tertiary/aromatic N) is 2. The number of aryl methyl sites for hydroxylation is 1. The molecule has 120 valence electrons. The molecule has 22 heavy (non-hydrogen) atoms. The van der Waals surface area contributed by atoms with Crippen molar-refractivity contribution in [3.63, 3.8) is 0 Å². The van der Waals surface area contributed by atoms with Gasteiger partial charge in [-0.3, -0.25) is 0 Å². The molecule has 2 aromatic rings. The Hall–Kier alpha value is -1.71. The van der Waals surface area contributed by atoms with Crippen molar-refractivity contribution in [1.29, 1.82) is 0 Å². The molecule has 0 amide bonds. The van der Waals surface area contributed by atoms with Crippen LogP contribution in [0.2, 0.25) is 0 Å². The minimum Gasteiger partial charge on any atom is -0.236 e. The molecule has 0 radical (unpaired) electrons. The maximum atomic E-state index is 14.6. The molecule has 0 spiro atoms. The van der Waals surface area contributed by atoms with Crippen LogP contribution in [0.25, 0.3) is 5.69 Å². The first-order chi connectivity index (χ1) is 9.93. The number of hydrogen-bond acceptors (Lipinski definition) is 0. The Labute approximate surface area is 131 Å². The number of imidazole rings is 1. The fourth-order valence-corrected chi connectivity index (χ4v) is 2.93. The summed E-state index contributed by atoms with van der Waals surface area (Å²) in [6.45, 7) is 12.1. The number of rotatable bonds is 1. The molecule has 0 aliphatic carbocycles. The lowest BCUT2D eigenvalue weighted by Crippen LogP contribution is -2.39. The van der Waals surface area contributed by atoms with Crippen LogP contribution in [-0.2, 0) is 17.9 Å². The molecule has 0 fully saturated rings. The second-order valence-electron chi connectivity index (χ2n) is 7.89. The zero-order valence-corrected chi connectivity index (χ0v) is 14.5. The summed E-state index contributed by atoms with van der Waals surface area (Å²) in [5, 5.41) is 0. The van der Waals surface area contributed by atoms with Crippen LogP contribution in [0.15, 0.2) is 24.5 Å². The van der Waals surface area contributed by atoms with Crippen LogP contribution >= 0.6 is 0 Å². The van der Waals surface area contributed by atoms with Crippen molar-refractivity contribution < 1.29 is 13.3 Å². The SMILES string of the molecule is C[n+]1ccn(-c2c(F)cc(F)cc2C(C)(C)C)c1C(C)(C)C. The highest BCUT2D eigenvalue weighted by molar-refractivity contribution is 5.47. The first-order valence-corrected chi connectivity index (χ1v) is 7.50. The van der Waals surface area contributed by atoms with Crippen LogP contribution < -0.4 is 4.57 Å². The Kier molecular flexibility index (Phi) is 3.92. The van der Waals surface area contributed by atoms with E-state index >= 15 is 0 Å². The Morgan fingerprint density at radius 3 is 2.05 bits per heavy atom. The van der Waals surface area contributed by atoms with Crippen LogP contribution in [0.3, 0.4) is 0 Å². The molecule has 0 atom stereocenters. The van der Waals surface area contributed by atoms with Gasteiger partial charge in [0.2, 0.25) is 0 Å². The van der Waals surface area contributed by atoms with Gasteiger partial charge in [-0.15, -0.1) is 0 Å². The highest BCUT2D eigenvalue weighted by Crippen LogP contribution is 2.33. The Morgan fingerprint density at radius 1 is 0.955 bits per heavy atom. The molecule has 1 heterocycles. The first-order valence-electron chi connectivity index (χ1n) is 7.50. The fourth-order valence-electron chi connectivity index (χ4n) is 2.93. The zero-order chi connectivity index (χ0) is 16.9. The largest absolute Gasteiger partial charge is 0.266 e. The summed E-state index contributed by atoms with van der Waals surface area (Å²) in [6.07, 6.45) is 3.74. The Bertz CT molecular complexity index is 701. The van der Waals surface area contributed by atoms with E-state index in [0.29, 0.717) is 11.3 Å². The molecule has 1 aromatic heterocycles. The number of hydrogen-bond donors (Lipinski definition) is 0. The molecule has 0 unspecified atom stereocenters. The van der Waals surface area contributed by atoms with Crippen LogP contribution in [0, 0.1) is 11.6 Å². The number of benzene rings is 1. The standard InChI is InChI=1S/C18H25F2N2/c1-17(2,3)13-10-12(19)11-14(20)15(13)22-9-8-21(7)16(22)18(4,5)6/h8-11H,1-7H3/q+1. The third-order valence-electron chi connectivity index (χ3n) is 3.75. The summed E-state index contributed by atoms with van der Waals surface area (Å²) in [6, 6.07) is 2.39. The third kappa shape index (κ3) is 2.92. The molecule has 0 N–H and O–H groups in total. The van der Waals surface area contributed by atoms with Gasteiger partial charge < -0.3 is 0 Å². The van der Waals surface area contributed by atoms with Crippen LogP contribution in [0.1, 0.15) is 52.9 Å². The van der Waals surface area contributed by atoms with Gasteiger partial charge in [-0.2, -0.15) is 4.57 Å². The van der Waals surface area contributed by atoms with Gasteiger partial charge in [0.25, 0.3) is 5.82 Å². The lowest BCUT2D eigenvalue weighted by Gasteiger charge is -2.23. The summed E-state index contributed by atoms with van der Waals surface area (Å²) in [5.41, 5.74) is 0.552. The number of halogens is 2. The summed E-state index contributed by atoms with van der Waals surface area (Å²) >= 11 is 0. The van der Waals surface area contributed by atoms with Gasteiger partial charge in [-0.25, -0.2) is 13.3 Å². The van der Waals surface area contributed by atoms with Crippen LogP contribution in [0.5, 0.6) is 0 Å². The minimum atomic E-state index is -0.542. The maximum absolute atomic E-state index is 14.6. The van der Waals surface area contributed by atoms with E-state index < -0.39 is 11.6 Å². The predicted molar refractivity (Wildman–Crippen MR) is 84.3 cm³/mol. The predicted octanol–water partition coefficient (Wildman–Crippen LogP) is 4.18. The van der Waals surface area contributed by atoms with E-state index in [1.807, 2.05) is 49.3 Å². The van der Waals surface area contributed by atoms with Crippen molar-refractivity contribution in [1.82, 2.24) is 4.57 Å². The van der Waals surface area contributed by atoms with E-state index in [2.05, 4.69) is 20.8 Å². The molecule has 0 bridgehead atoms. The van der Waals surface area contributed by atoms with Crippen molar-refractivity contribution in [2.24, 2.45) is 7.05 Å². The van der Waals surface area contributed by atoms with Crippen LogP contribution in [-0.4, -0.2) is 4.57 Å². The van der Waals surface area contributed by atoms with Crippen molar-refractivity contribution in [2.45, 2.75) is 52.4 Å². The van der Waals surface area contributed by atoms with E-state index in [1.54, 1.807) is 0 Å². The minimum absolute atomic E-state index is 0.172. The average Bonchev–Trinajstić information content (AvgIpc) is 2.68. The van der Waals surface area contributed by atoms with E-state index in [4.69, 9.17) is 0 Å². The molecule has 4 heteroatoms. The lowest BCUT2D eigenvalue weighted by molar-refractivity contribution is -0.681. The molecular formula is C18H25F2N2+. The van der Waals surface area contributed by atoms with Crippen molar-refractivity contribution >= 4 is 0 Å². The first kappa shape index (κ1) is 16.7. The van der Waals surface area contributed by atoms with Crippen molar-refractivity contribution in [3.05, 3.63) is 47.5 Å². The summed E-state index contributed by atoms with van der Waals surface area (Å²) in [7, 11) is 1.94. The summed E-state index contributed by atoms with van der Waals surface area (Å²) < 4.78 is 32.2. The molecule has 1 aromatic carbocycles. The summed E-state index contributed by atoms with van der Waals surface area (Å²) in [4.78, 5) is 0. The van der Waals surface area contributed by atoms with Crippen LogP contribution in [0.4, 0.5) is 8.78 Å². The van der Waals surface area contributed by atoms with Gasteiger partial charge in [0.05, 0.1) is 12.5 Å². The Morgan fingerprint density at radius 2 is 1.55 bits per heavy atom. The Balaban J connectivity index is 2.85. The van der Waals surface area contributed by atoms with Gasteiger partial charge in [0.15, 0.2) is 11.5 Å². The van der Waals surface area contributed by atoms with Gasteiger partial charge in [0.1, 0.15) is 18.2 Å². The zero-order valence-electron chi connectivity index (χ0n) is 14.5. The molecule has 0 aliphatic heterocycles. The van der Waals surface area contributed by atoms with Gasteiger partial charge in [0, 0.05) is 11.6 Å². The number of aromatic nitrogens is 2. The van der Waals surface area contributed by atoms with E-state index in [0.717, 1.165) is 11.9 Å². The second-order valence-corrected chi connectivity index (χ2v) is 7.89. The average molecular weight is 307 g/mol. The smallest absolute Gasteiger partial charge is 0.236 e. The van der Waals surface area contributed by atoms with Gasteiger partial charge in [-0.05, 0) is 32.3 Å². The molecular weight excluding hydrogens is 282 g/mol. The normalized spacial score (nSPS) is 12.8. The highest BCUT2D eigenvalue weighted by atomic mass is 19.1. The molecule has 0 saturated carbocycles. The summed E-state index contributed by atoms with van der Waals surface area (Å²) in [5.74, 6) is -0.116. The van der Waals surface area contributed by atoms with E-state index in [1.165, 1.54) is 6.07 Å². The second kappa shape index (κ2) is 5.18. The van der Waals surface area contributed by atoms with E-state index in [-0.39, 0.29) is 10.8 Å². The maximum Gasteiger partial charge on any atom is 0.266 e. The monoisotopic (exact) mass is 307 g/mol. The third-order valence-corrected chi connectivity index (χ3v) is 3.75. The topological polar surface area (TPSA) is 8.81 Å². The quantitative estimate of drug-likeness (QED) is 0.699.